The molecule has 1 aromatic rings. The van der Waals surface area contributed by atoms with Gasteiger partial charge in [0.2, 0.25) is 0 Å². The molecule has 0 amide bonds. The van der Waals surface area contributed by atoms with Gasteiger partial charge in [-0.2, -0.15) is 0 Å². The molecule has 1 aliphatic carbocycles. The maximum atomic E-state index is 9.50. The number of hydrogen-bond donors (Lipinski definition) is 2. The Kier molecular flexibility index (Phi) is 4.54. The average Bonchev–Trinajstić information content (AvgIpc) is 2.98. The molecule has 1 saturated carbocycles. The Morgan fingerprint density at radius 3 is 2.82 bits per heavy atom. The van der Waals surface area contributed by atoms with Crippen LogP contribution in [0.5, 0.6) is 0 Å². The van der Waals surface area contributed by atoms with Crippen molar-refractivity contribution in [2.75, 3.05) is 13.2 Å². The van der Waals surface area contributed by atoms with Crippen LogP contribution >= 0.6 is 11.3 Å². The third-order valence-corrected chi connectivity index (χ3v) is 4.75. The van der Waals surface area contributed by atoms with Crippen LogP contribution in [0.25, 0.3) is 0 Å². The Labute approximate surface area is 107 Å². The van der Waals surface area contributed by atoms with E-state index in [1.165, 1.54) is 17.8 Å². The summed E-state index contributed by atoms with van der Waals surface area (Å²) >= 11 is 1.74. The summed E-state index contributed by atoms with van der Waals surface area (Å²) < 4.78 is 0. The predicted molar refractivity (Wildman–Crippen MR) is 71.2 cm³/mol. The van der Waals surface area contributed by atoms with Gasteiger partial charge in [0.1, 0.15) is 0 Å². The number of aromatic nitrogens is 1. The van der Waals surface area contributed by atoms with E-state index in [2.05, 4.69) is 22.6 Å². The molecule has 0 saturated heterocycles. The molecule has 0 aliphatic heterocycles. The van der Waals surface area contributed by atoms with Gasteiger partial charge in [-0.05, 0) is 19.3 Å². The maximum absolute atomic E-state index is 9.50. The number of nitrogens with one attached hydrogen (secondary N) is 1. The molecule has 2 rings (SSSR count). The van der Waals surface area contributed by atoms with Crippen LogP contribution in [-0.4, -0.2) is 23.2 Å². The molecule has 1 heterocycles. The Morgan fingerprint density at radius 1 is 1.47 bits per heavy atom. The largest absolute Gasteiger partial charge is 0.396 e. The standard InChI is InChI=1S/C13H22N2OS/c1-2-12-15-11(8-17-12)7-14-9-13(10-16)5-3-4-6-13/h8,14,16H,2-7,9-10H2,1H3. The van der Waals surface area contributed by atoms with Crippen LogP contribution in [0, 0.1) is 5.41 Å². The number of aliphatic hydroxyl groups excluding tert-OH is 1. The first-order valence-corrected chi connectivity index (χ1v) is 7.41. The SMILES string of the molecule is CCc1nc(CNCC2(CO)CCCC2)cs1. The van der Waals surface area contributed by atoms with E-state index in [1.807, 2.05) is 0 Å². The van der Waals surface area contributed by atoms with Crippen LogP contribution < -0.4 is 5.32 Å². The van der Waals surface area contributed by atoms with E-state index in [1.54, 1.807) is 11.3 Å². The molecular weight excluding hydrogens is 232 g/mol. The van der Waals surface area contributed by atoms with Gasteiger partial charge >= 0.3 is 0 Å². The molecule has 0 bridgehead atoms. The fourth-order valence-electron chi connectivity index (χ4n) is 2.56. The molecule has 0 unspecified atom stereocenters. The van der Waals surface area contributed by atoms with E-state index in [0.29, 0.717) is 6.61 Å². The quantitative estimate of drug-likeness (QED) is 0.819. The summed E-state index contributed by atoms with van der Waals surface area (Å²) in [6.45, 7) is 4.20. The summed E-state index contributed by atoms with van der Waals surface area (Å²) in [4.78, 5) is 4.53. The number of aryl methyl sites for hydroxylation is 1. The van der Waals surface area contributed by atoms with Crippen molar-refractivity contribution >= 4 is 11.3 Å². The topological polar surface area (TPSA) is 45.2 Å². The summed E-state index contributed by atoms with van der Waals surface area (Å²) in [7, 11) is 0. The van der Waals surface area contributed by atoms with Crippen molar-refractivity contribution in [3.05, 3.63) is 16.1 Å². The summed E-state index contributed by atoms with van der Waals surface area (Å²) in [6, 6.07) is 0. The lowest BCUT2D eigenvalue weighted by atomic mass is 9.87. The maximum Gasteiger partial charge on any atom is 0.0926 e. The van der Waals surface area contributed by atoms with Crippen molar-refractivity contribution in [1.29, 1.82) is 0 Å². The van der Waals surface area contributed by atoms with Gasteiger partial charge in [0.05, 0.1) is 10.7 Å². The van der Waals surface area contributed by atoms with E-state index in [0.717, 1.165) is 38.0 Å². The summed E-state index contributed by atoms with van der Waals surface area (Å²) in [5, 5.41) is 16.3. The zero-order valence-electron chi connectivity index (χ0n) is 10.5. The zero-order valence-corrected chi connectivity index (χ0v) is 11.4. The van der Waals surface area contributed by atoms with E-state index in [9.17, 15) is 5.11 Å². The molecule has 0 spiro atoms. The van der Waals surface area contributed by atoms with Crippen LogP contribution in [0.1, 0.15) is 43.3 Å². The van der Waals surface area contributed by atoms with Gasteiger partial charge < -0.3 is 10.4 Å². The van der Waals surface area contributed by atoms with E-state index in [-0.39, 0.29) is 5.41 Å². The Balaban J connectivity index is 1.78. The predicted octanol–water partition coefficient (Wildman–Crippen LogP) is 2.35. The van der Waals surface area contributed by atoms with E-state index in [4.69, 9.17) is 0 Å². The Morgan fingerprint density at radius 2 is 2.24 bits per heavy atom. The molecule has 1 aromatic heterocycles. The lowest BCUT2D eigenvalue weighted by Gasteiger charge is -2.26. The first-order valence-electron chi connectivity index (χ1n) is 6.53. The number of thiazole rings is 1. The van der Waals surface area contributed by atoms with Crippen molar-refractivity contribution in [2.24, 2.45) is 5.41 Å². The van der Waals surface area contributed by atoms with Crippen LogP contribution in [-0.2, 0) is 13.0 Å². The zero-order chi connectivity index (χ0) is 12.1. The average molecular weight is 254 g/mol. The molecule has 96 valence electrons. The Bertz CT molecular complexity index is 345. The van der Waals surface area contributed by atoms with Crippen molar-refractivity contribution in [3.63, 3.8) is 0 Å². The minimum Gasteiger partial charge on any atom is -0.396 e. The van der Waals surface area contributed by atoms with Gasteiger partial charge in [0.15, 0.2) is 0 Å². The fraction of sp³-hybridized carbons (Fsp3) is 0.769. The smallest absolute Gasteiger partial charge is 0.0926 e. The number of aliphatic hydroxyl groups is 1. The van der Waals surface area contributed by atoms with Gasteiger partial charge in [0, 0.05) is 30.5 Å². The van der Waals surface area contributed by atoms with E-state index >= 15 is 0 Å². The molecule has 4 heteroatoms. The second-order valence-corrected chi connectivity index (χ2v) is 6.00. The monoisotopic (exact) mass is 254 g/mol. The van der Waals surface area contributed by atoms with Crippen molar-refractivity contribution < 1.29 is 5.11 Å². The third-order valence-electron chi connectivity index (χ3n) is 3.71. The highest BCUT2D eigenvalue weighted by Gasteiger charge is 2.32. The van der Waals surface area contributed by atoms with Gasteiger partial charge in [-0.15, -0.1) is 11.3 Å². The molecule has 1 fully saturated rings. The van der Waals surface area contributed by atoms with Gasteiger partial charge in [-0.25, -0.2) is 4.98 Å². The van der Waals surface area contributed by atoms with Crippen molar-refractivity contribution in [1.82, 2.24) is 10.3 Å². The summed E-state index contributed by atoms with van der Waals surface area (Å²) in [5.74, 6) is 0. The lowest BCUT2D eigenvalue weighted by molar-refractivity contribution is 0.128. The van der Waals surface area contributed by atoms with Crippen LogP contribution in [0.4, 0.5) is 0 Å². The van der Waals surface area contributed by atoms with Gasteiger partial charge in [-0.3, -0.25) is 0 Å². The molecule has 3 nitrogen and oxygen atoms in total. The minimum atomic E-state index is 0.142. The van der Waals surface area contributed by atoms with Crippen molar-refractivity contribution in [3.8, 4) is 0 Å². The molecule has 2 N–H and O–H groups in total. The van der Waals surface area contributed by atoms with E-state index < -0.39 is 0 Å². The number of rotatable bonds is 6. The normalized spacial score (nSPS) is 18.7. The van der Waals surface area contributed by atoms with Crippen LogP contribution in [0.15, 0.2) is 5.38 Å². The highest BCUT2D eigenvalue weighted by molar-refractivity contribution is 7.09. The minimum absolute atomic E-state index is 0.142. The Hall–Kier alpha value is -0.450. The molecule has 0 aromatic carbocycles. The lowest BCUT2D eigenvalue weighted by Crippen LogP contribution is -2.34. The number of hydrogen-bond acceptors (Lipinski definition) is 4. The van der Waals surface area contributed by atoms with Gasteiger partial charge in [0.25, 0.3) is 0 Å². The molecular formula is C13H22N2OS. The highest BCUT2D eigenvalue weighted by atomic mass is 32.1. The second-order valence-electron chi connectivity index (χ2n) is 5.05. The van der Waals surface area contributed by atoms with Crippen LogP contribution in [0.2, 0.25) is 0 Å². The summed E-state index contributed by atoms with van der Waals surface area (Å²) in [5.41, 5.74) is 1.28. The molecule has 0 atom stereocenters. The first kappa shape index (κ1) is 13.0. The summed E-state index contributed by atoms with van der Waals surface area (Å²) in [6.07, 6.45) is 5.87. The highest BCUT2D eigenvalue weighted by Crippen LogP contribution is 2.36. The fourth-order valence-corrected chi connectivity index (χ4v) is 3.31. The molecule has 17 heavy (non-hydrogen) atoms. The van der Waals surface area contributed by atoms with Gasteiger partial charge in [-0.1, -0.05) is 19.8 Å². The molecule has 1 aliphatic rings. The molecule has 0 radical (unpaired) electrons. The van der Waals surface area contributed by atoms with Crippen molar-refractivity contribution in [2.45, 2.75) is 45.6 Å². The third kappa shape index (κ3) is 3.27. The first-order chi connectivity index (χ1) is 8.28. The number of nitrogens with zero attached hydrogens (tertiary/aromatic N) is 1. The second kappa shape index (κ2) is 5.94. The van der Waals surface area contributed by atoms with Crippen LogP contribution in [0.3, 0.4) is 0 Å².